The highest BCUT2D eigenvalue weighted by molar-refractivity contribution is 5.95. The molecule has 3 heterocycles. The smallest absolute Gasteiger partial charge is 0.263 e. The highest BCUT2D eigenvalue weighted by atomic mass is 16.5. The van der Waals surface area contributed by atoms with E-state index in [9.17, 15) is 4.79 Å². The van der Waals surface area contributed by atoms with Crippen LogP contribution in [0.3, 0.4) is 0 Å². The molecule has 6 heteroatoms. The molecule has 1 fully saturated rings. The maximum absolute atomic E-state index is 12.6. The summed E-state index contributed by atoms with van der Waals surface area (Å²) in [5.74, 6) is 0.473. The molecule has 4 rings (SSSR count). The summed E-state index contributed by atoms with van der Waals surface area (Å²) in [7, 11) is 1.87. The molecular weight excluding hydrogens is 340 g/mol. The Morgan fingerprint density at radius 1 is 1.19 bits per heavy atom. The number of rotatable bonds is 4. The normalized spacial score (nSPS) is 15.3. The number of carbonyl (C=O) groups is 1. The van der Waals surface area contributed by atoms with E-state index in [2.05, 4.69) is 22.2 Å². The van der Waals surface area contributed by atoms with Crippen LogP contribution in [0.2, 0.25) is 0 Å². The summed E-state index contributed by atoms with van der Waals surface area (Å²) in [4.78, 5) is 19.1. The van der Waals surface area contributed by atoms with E-state index in [0.717, 1.165) is 53.8 Å². The van der Waals surface area contributed by atoms with E-state index >= 15 is 0 Å². The van der Waals surface area contributed by atoms with Crippen LogP contribution in [0, 0.1) is 6.92 Å². The van der Waals surface area contributed by atoms with Crippen molar-refractivity contribution in [3.05, 3.63) is 42.1 Å². The Labute approximate surface area is 158 Å². The first-order valence-electron chi connectivity index (χ1n) is 9.40. The maximum atomic E-state index is 12.6. The summed E-state index contributed by atoms with van der Waals surface area (Å²) < 4.78 is 7.74. The second kappa shape index (κ2) is 7.02. The summed E-state index contributed by atoms with van der Waals surface area (Å²) in [6.45, 7) is 5.41. The zero-order chi connectivity index (χ0) is 19.0. The van der Waals surface area contributed by atoms with Crippen LogP contribution < -0.4 is 4.74 Å². The van der Waals surface area contributed by atoms with Gasteiger partial charge in [-0.1, -0.05) is 30.3 Å². The van der Waals surface area contributed by atoms with Crippen molar-refractivity contribution in [1.29, 1.82) is 0 Å². The molecule has 1 atom stereocenters. The lowest BCUT2D eigenvalue weighted by molar-refractivity contribution is -0.136. The van der Waals surface area contributed by atoms with E-state index in [1.165, 1.54) is 0 Å². The molecule has 1 aliphatic rings. The highest BCUT2D eigenvalue weighted by Crippen LogP contribution is 2.33. The number of carbonyl (C=O) groups excluding carboxylic acids is 1. The first-order chi connectivity index (χ1) is 13.0. The summed E-state index contributed by atoms with van der Waals surface area (Å²) in [6, 6.07) is 12.0. The lowest BCUT2D eigenvalue weighted by atomic mass is 10.0. The Kier molecular flexibility index (Phi) is 4.56. The standard InChI is InChI=1S/C21H24N4O2/c1-14-19-17(16-9-5-4-6-10-16)13-18(22-20(19)24(3)23-14)27-15(2)21(26)25-11-7-8-12-25/h4-6,9-10,13,15H,7-8,11-12H2,1-3H3/t15-/m1/s1. The van der Waals surface area contributed by atoms with Gasteiger partial charge in [0.2, 0.25) is 5.88 Å². The maximum Gasteiger partial charge on any atom is 0.263 e. The number of ether oxygens (including phenoxy) is 1. The topological polar surface area (TPSA) is 60.2 Å². The number of aromatic nitrogens is 3. The molecule has 0 spiro atoms. The number of hydrogen-bond acceptors (Lipinski definition) is 4. The molecule has 2 aromatic heterocycles. The summed E-state index contributed by atoms with van der Waals surface area (Å²) in [6.07, 6.45) is 1.57. The predicted octanol–water partition coefficient (Wildman–Crippen LogP) is 3.33. The fraction of sp³-hybridized carbons (Fsp3) is 0.381. The Balaban J connectivity index is 1.73. The fourth-order valence-electron chi connectivity index (χ4n) is 3.75. The molecule has 0 radical (unpaired) electrons. The van der Waals surface area contributed by atoms with E-state index in [1.807, 2.05) is 43.1 Å². The zero-order valence-corrected chi connectivity index (χ0v) is 16.0. The van der Waals surface area contributed by atoms with Crippen molar-refractivity contribution in [2.45, 2.75) is 32.8 Å². The predicted molar refractivity (Wildman–Crippen MR) is 105 cm³/mol. The number of aryl methyl sites for hydroxylation is 2. The molecule has 0 unspecified atom stereocenters. The van der Waals surface area contributed by atoms with Crippen LogP contribution in [0.25, 0.3) is 22.2 Å². The van der Waals surface area contributed by atoms with Crippen molar-refractivity contribution < 1.29 is 9.53 Å². The Hall–Kier alpha value is -2.89. The second-order valence-corrected chi connectivity index (χ2v) is 7.07. The van der Waals surface area contributed by atoms with Crippen LogP contribution in [0.5, 0.6) is 5.88 Å². The van der Waals surface area contributed by atoms with Crippen molar-refractivity contribution in [1.82, 2.24) is 19.7 Å². The van der Waals surface area contributed by atoms with Crippen LogP contribution in [-0.2, 0) is 11.8 Å². The van der Waals surface area contributed by atoms with Crippen molar-refractivity contribution >= 4 is 16.9 Å². The van der Waals surface area contributed by atoms with Crippen molar-refractivity contribution in [3.8, 4) is 17.0 Å². The van der Waals surface area contributed by atoms with E-state index in [-0.39, 0.29) is 5.91 Å². The third-order valence-corrected chi connectivity index (χ3v) is 5.09. The van der Waals surface area contributed by atoms with Crippen molar-refractivity contribution in [3.63, 3.8) is 0 Å². The lowest BCUT2D eigenvalue weighted by Crippen LogP contribution is -2.38. The number of nitrogens with zero attached hydrogens (tertiary/aromatic N) is 4. The molecule has 0 saturated carbocycles. The molecule has 1 amide bonds. The van der Waals surface area contributed by atoms with Crippen molar-refractivity contribution in [2.24, 2.45) is 7.05 Å². The number of fused-ring (bicyclic) bond motifs is 1. The van der Waals surface area contributed by atoms with Crippen LogP contribution >= 0.6 is 0 Å². The first-order valence-corrected chi connectivity index (χ1v) is 9.40. The van der Waals surface area contributed by atoms with Gasteiger partial charge in [0.05, 0.1) is 11.1 Å². The molecule has 3 aromatic rings. The van der Waals surface area contributed by atoms with Gasteiger partial charge in [0, 0.05) is 26.2 Å². The summed E-state index contributed by atoms with van der Waals surface area (Å²) in [5, 5.41) is 5.53. The van der Waals surface area contributed by atoms with Gasteiger partial charge in [0.25, 0.3) is 5.91 Å². The second-order valence-electron chi connectivity index (χ2n) is 7.07. The minimum Gasteiger partial charge on any atom is -0.464 e. The average Bonchev–Trinajstić information content (AvgIpc) is 3.30. The highest BCUT2D eigenvalue weighted by Gasteiger charge is 2.25. The molecule has 1 aliphatic heterocycles. The van der Waals surface area contributed by atoms with Crippen LogP contribution in [0.15, 0.2) is 36.4 Å². The third kappa shape index (κ3) is 3.27. The summed E-state index contributed by atoms with van der Waals surface area (Å²) in [5.41, 5.74) is 3.77. The van der Waals surface area contributed by atoms with E-state index in [4.69, 9.17) is 4.74 Å². The zero-order valence-electron chi connectivity index (χ0n) is 16.0. The molecule has 27 heavy (non-hydrogen) atoms. The van der Waals surface area contributed by atoms with Crippen LogP contribution in [-0.4, -0.2) is 44.8 Å². The average molecular weight is 364 g/mol. The minimum atomic E-state index is -0.564. The SMILES string of the molecule is Cc1nn(C)c2nc(O[C@H](C)C(=O)N3CCCC3)cc(-c3ccccc3)c12. The lowest BCUT2D eigenvalue weighted by Gasteiger charge is -2.21. The molecular formula is C21H24N4O2. The largest absolute Gasteiger partial charge is 0.464 e. The Bertz CT molecular complexity index is 975. The third-order valence-electron chi connectivity index (χ3n) is 5.09. The molecule has 0 aliphatic carbocycles. The number of benzene rings is 1. The van der Waals surface area contributed by atoms with Crippen LogP contribution in [0.1, 0.15) is 25.5 Å². The number of likely N-dealkylation sites (tertiary alicyclic amines) is 1. The quantitative estimate of drug-likeness (QED) is 0.712. The molecule has 1 saturated heterocycles. The molecule has 0 bridgehead atoms. The molecule has 140 valence electrons. The van der Waals surface area contributed by atoms with Crippen molar-refractivity contribution in [2.75, 3.05) is 13.1 Å². The Morgan fingerprint density at radius 2 is 1.89 bits per heavy atom. The van der Waals surface area contributed by atoms with Gasteiger partial charge in [0.15, 0.2) is 11.8 Å². The van der Waals surface area contributed by atoms with Gasteiger partial charge in [-0.25, -0.2) is 0 Å². The fourth-order valence-corrected chi connectivity index (χ4v) is 3.75. The first kappa shape index (κ1) is 17.5. The molecule has 6 nitrogen and oxygen atoms in total. The number of hydrogen-bond donors (Lipinski definition) is 0. The van der Waals surface area contributed by atoms with Crippen LogP contribution in [0.4, 0.5) is 0 Å². The monoisotopic (exact) mass is 364 g/mol. The van der Waals surface area contributed by atoms with E-state index < -0.39 is 6.10 Å². The van der Waals surface area contributed by atoms with Gasteiger partial charge < -0.3 is 9.64 Å². The molecule has 0 N–H and O–H groups in total. The van der Waals surface area contributed by atoms with Gasteiger partial charge in [-0.05, 0) is 37.8 Å². The van der Waals surface area contributed by atoms with Gasteiger partial charge in [-0.15, -0.1) is 0 Å². The van der Waals surface area contributed by atoms with E-state index in [0.29, 0.717) is 5.88 Å². The summed E-state index contributed by atoms with van der Waals surface area (Å²) >= 11 is 0. The van der Waals surface area contributed by atoms with Gasteiger partial charge in [-0.3, -0.25) is 9.48 Å². The number of amides is 1. The van der Waals surface area contributed by atoms with Gasteiger partial charge in [-0.2, -0.15) is 10.1 Å². The van der Waals surface area contributed by atoms with Gasteiger partial charge in [0.1, 0.15) is 0 Å². The Morgan fingerprint density at radius 3 is 2.59 bits per heavy atom. The molecule has 1 aromatic carbocycles. The van der Waals surface area contributed by atoms with Gasteiger partial charge >= 0.3 is 0 Å². The number of pyridine rings is 1. The minimum absolute atomic E-state index is 0.0249. The van der Waals surface area contributed by atoms with E-state index in [1.54, 1.807) is 11.6 Å².